The number of pyridine rings is 4. The van der Waals surface area contributed by atoms with E-state index >= 15 is 0 Å². The summed E-state index contributed by atoms with van der Waals surface area (Å²) in [6.07, 6.45) is -3.31. The molecule has 8 heterocycles. The zero-order valence-corrected chi connectivity index (χ0v) is 32.7. The van der Waals surface area contributed by atoms with Crippen molar-refractivity contribution in [3.05, 3.63) is 167 Å². The molecule has 0 amide bonds. The lowest BCUT2D eigenvalue weighted by atomic mass is 10.1. The topological polar surface area (TPSA) is 179 Å². The van der Waals surface area contributed by atoms with Crippen molar-refractivity contribution in [3.63, 3.8) is 0 Å². The first-order valence-corrected chi connectivity index (χ1v) is 19.3. The third-order valence-corrected chi connectivity index (χ3v) is 10.5. The van der Waals surface area contributed by atoms with E-state index in [1.807, 2.05) is 16.8 Å². The molecule has 0 spiro atoms. The fraction of sp³-hybridized carbons (Fsp3) is 0.0714. The molecule has 8 aromatic heterocycles. The number of thiophene rings is 1. The number of alkyl halides is 6. The van der Waals surface area contributed by atoms with E-state index in [-0.39, 0.29) is 44.2 Å². The first-order valence-electron chi connectivity index (χ1n) is 18.3. The molecular formula is C42H24F6N10O4S. The van der Waals surface area contributed by atoms with E-state index in [4.69, 9.17) is 0 Å². The summed E-state index contributed by atoms with van der Waals surface area (Å²) in [5.74, 6) is 0. The molecule has 10 rings (SSSR count). The van der Waals surface area contributed by atoms with Gasteiger partial charge in [0.15, 0.2) is 0 Å². The predicted molar refractivity (Wildman–Crippen MR) is 222 cm³/mol. The van der Waals surface area contributed by atoms with E-state index in [0.29, 0.717) is 28.0 Å². The largest absolute Gasteiger partial charge is 0.416 e. The molecule has 0 radical (unpaired) electrons. The summed E-state index contributed by atoms with van der Waals surface area (Å²) >= 11 is 1.48. The maximum absolute atomic E-state index is 13.3. The molecule has 0 unspecified atom stereocenters. The number of nitrogens with zero attached hydrogens (tertiary/aromatic N) is 8. The van der Waals surface area contributed by atoms with Gasteiger partial charge in [-0.05, 0) is 72.1 Å². The summed E-state index contributed by atoms with van der Waals surface area (Å²) < 4.78 is 83.3. The van der Waals surface area contributed by atoms with Gasteiger partial charge >= 0.3 is 23.7 Å². The lowest BCUT2D eigenvalue weighted by Gasteiger charge is -2.14. The Morgan fingerprint density at radius 3 is 1.52 bits per heavy atom. The Morgan fingerprint density at radius 2 is 1.10 bits per heavy atom. The maximum atomic E-state index is 13.3. The van der Waals surface area contributed by atoms with Crippen molar-refractivity contribution >= 4 is 55.2 Å². The van der Waals surface area contributed by atoms with Gasteiger partial charge in [-0.1, -0.05) is 12.1 Å². The van der Waals surface area contributed by atoms with E-state index in [9.17, 15) is 45.5 Å². The van der Waals surface area contributed by atoms with Gasteiger partial charge in [0.2, 0.25) is 0 Å². The smallest absolute Gasteiger partial charge is 0.275 e. The fourth-order valence-electron chi connectivity index (χ4n) is 6.96. The standard InChI is InChI=1S/C21H13F3N6O2.C21H11F3N4O2S/c1-29-10-11(8-26-29)15-5-6-16-17(27-15)18-14(9-25-16)19(31)28-20(32)30(18)13-4-2-3-12(7-13)21(22,23)24;22-21(23,24)12-2-1-3-13(8-12)28-18-14(19(29)27-20(28)30)9-25-16-5-4-15(26-17(16)18)11-6-7-31-10-11/h2-10H,1H3,(H,28,31,32);1-10H,(H,27,29,30). The number of H-pyrrole nitrogens is 2. The van der Waals surface area contributed by atoms with Crippen LogP contribution in [-0.2, 0) is 19.4 Å². The van der Waals surface area contributed by atoms with E-state index in [2.05, 4.69) is 35.0 Å². The zero-order chi connectivity index (χ0) is 44.4. The van der Waals surface area contributed by atoms with Crippen molar-refractivity contribution in [1.29, 1.82) is 0 Å². The predicted octanol–water partition coefficient (Wildman–Crippen LogP) is 7.41. The van der Waals surface area contributed by atoms with E-state index in [1.165, 1.54) is 48.0 Å². The zero-order valence-electron chi connectivity index (χ0n) is 31.9. The van der Waals surface area contributed by atoms with Crippen LogP contribution in [0.25, 0.3) is 77.8 Å². The quantitative estimate of drug-likeness (QED) is 0.135. The first kappa shape index (κ1) is 40.3. The van der Waals surface area contributed by atoms with E-state index in [0.717, 1.165) is 39.0 Å². The summed E-state index contributed by atoms with van der Waals surface area (Å²) in [7, 11) is 1.74. The number of fused-ring (bicyclic) bond motifs is 6. The Bertz CT molecular complexity index is 3690. The lowest BCUT2D eigenvalue weighted by molar-refractivity contribution is -0.138. The normalized spacial score (nSPS) is 12.0. The van der Waals surface area contributed by atoms with Crippen LogP contribution in [0.2, 0.25) is 0 Å². The molecule has 0 fully saturated rings. The third kappa shape index (κ3) is 7.43. The van der Waals surface area contributed by atoms with Crippen LogP contribution in [0.4, 0.5) is 26.3 Å². The van der Waals surface area contributed by atoms with Gasteiger partial charge in [0, 0.05) is 42.1 Å². The van der Waals surface area contributed by atoms with Crippen LogP contribution in [0.5, 0.6) is 0 Å². The highest BCUT2D eigenvalue weighted by molar-refractivity contribution is 7.08. The van der Waals surface area contributed by atoms with Gasteiger partial charge in [-0.15, -0.1) is 0 Å². The number of hydrogen-bond donors (Lipinski definition) is 2. The number of aromatic nitrogens is 10. The Morgan fingerprint density at radius 1 is 0.603 bits per heavy atom. The van der Waals surface area contributed by atoms with Crippen molar-refractivity contribution in [3.8, 4) is 33.9 Å². The molecule has 2 N–H and O–H groups in total. The Kier molecular flexibility index (Phi) is 9.69. The van der Waals surface area contributed by atoms with Gasteiger partial charge in [0.1, 0.15) is 11.0 Å². The molecule has 0 aliphatic rings. The summed E-state index contributed by atoms with van der Waals surface area (Å²) in [5, 5.41) is 7.93. The molecule has 0 bridgehead atoms. The molecule has 0 saturated heterocycles. The minimum Gasteiger partial charge on any atom is -0.275 e. The van der Waals surface area contributed by atoms with Crippen molar-refractivity contribution in [1.82, 2.24) is 48.8 Å². The summed E-state index contributed by atoms with van der Waals surface area (Å²) in [6.45, 7) is 0. The number of halogens is 6. The van der Waals surface area contributed by atoms with Crippen LogP contribution in [0.3, 0.4) is 0 Å². The number of aryl methyl sites for hydroxylation is 1. The Balaban J connectivity index is 0.000000160. The minimum absolute atomic E-state index is 0.0188. The number of rotatable bonds is 4. The molecule has 0 aliphatic heterocycles. The Labute approximate surface area is 350 Å². The molecular weight excluding hydrogens is 855 g/mol. The van der Waals surface area contributed by atoms with Gasteiger partial charge in [0.25, 0.3) is 11.1 Å². The summed E-state index contributed by atoms with van der Waals surface area (Å²) in [6, 6.07) is 17.3. The molecule has 21 heteroatoms. The number of hydrogen-bond acceptors (Lipinski definition) is 10. The second-order valence-electron chi connectivity index (χ2n) is 13.9. The number of aromatic amines is 2. The third-order valence-electron chi connectivity index (χ3n) is 9.84. The van der Waals surface area contributed by atoms with E-state index in [1.54, 1.807) is 48.4 Å². The summed E-state index contributed by atoms with van der Waals surface area (Å²) in [4.78, 5) is 72.4. The van der Waals surface area contributed by atoms with Crippen LogP contribution in [0.1, 0.15) is 11.1 Å². The minimum atomic E-state index is -4.60. The summed E-state index contributed by atoms with van der Waals surface area (Å²) in [5.41, 5.74) is -1.14. The van der Waals surface area contributed by atoms with E-state index < -0.39 is 46.0 Å². The van der Waals surface area contributed by atoms with Crippen LogP contribution in [-0.4, -0.2) is 48.8 Å². The molecule has 14 nitrogen and oxygen atoms in total. The highest BCUT2D eigenvalue weighted by Crippen LogP contribution is 2.33. The van der Waals surface area contributed by atoms with Crippen molar-refractivity contribution in [2.45, 2.75) is 12.4 Å². The molecule has 0 saturated carbocycles. The second-order valence-corrected chi connectivity index (χ2v) is 14.6. The molecule has 0 aliphatic carbocycles. The van der Waals surface area contributed by atoms with Gasteiger partial charge in [0.05, 0.1) is 72.9 Å². The first-order chi connectivity index (χ1) is 30.0. The SMILES string of the molecule is Cn1cc(-c2ccc3ncc4c(=O)[nH]c(=O)n(-c5cccc(C(F)(F)F)c5)c4c3n2)cn1.O=c1[nH]c(=O)n(-c2cccc(C(F)(F)F)c2)c2c1cnc1ccc(-c3ccsc3)nc12. The molecule has 63 heavy (non-hydrogen) atoms. The molecule has 2 aromatic carbocycles. The highest BCUT2D eigenvalue weighted by atomic mass is 32.1. The van der Waals surface area contributed by atoms with Crippen LogP contribution in [0, 0.1) is 0 Å². The average Bonchev–Trinajstić information content (AvgIpc) is 3.96. The van der Waals surface area contributed by atoms with Gasteiger partial charge in [-0.25, -0.2) is 19.6 Å². The Hall–Kier alpha value is -8.07. The van der Waals surface area contributed by atoms with Crippen molar-refractivity contribution in [2.75, 3.05) is 0 Å². The monoisotopic (exact) mass is 878 g/mol. The van der Waals surface area contributed by atoms with Crippen molar-refractivity contribution in [2.24, 2.45) is 7.05 Å². The number of benzene rings is 2. The highest BCUT2D eigenvalue weighted by Gasteiger charge is 2.32. The lowest BCUT2D eigenvalue weighted by Crippen LogP contribution is -2.29. The van der Waals surface area contributed by atoms with Crippen LogP contribution in [0.15, 0.2) is 134 Å². The van der Waals surface area contributed by atoms with Gasteiger partial charge in [-0.2, -0.15) is 42.8 Å². The van der Waals surface area contributed by atoms with Gasteiger partial charge in [-0.3, -0.25) is 43.3 Å². The molecule has 0 atom stereocenters. The maximum Gasteiger partial charge on any atom is 0.416 e. The van der Waals surface area contributed by atoms with Gasteiger partial charge < -0.3 is 0 Å². The molecule has 10 aromatic rings. The molecule has 314 valence electrons. The second kappa shape index (κ2) is 15.1. The van der Waals surface area contributed by atoms with Crippen molar-refractivity contribution < 1.29 is 26.3 Å². The van der Waals surface area contributed by atoms with Crippen LogP contribution < -0.4 is 22.5 Å². The van der Waals surface area contributed by atoms with Crippen LogP contribution >= 0.6 is 11.3 Å². The fourth-order valence-corrected chi connectivity index (χ4v) is 7.61. The number of nitrogens with one attached hydrogen (secondary N) is 2. The average molecular weight is 879 g/mol.